The van der Waals surface area contributed by atoms with Crippen molar-refractivity contribution in [2.75, 3.05) is 11.1 Å². The molecule has 3 aromatic carbocycles. The first-order valence-electron chi connectivity index (χ1n) is 12.6. The maximum atomic E-state index is 13.2. The number of hydrogen-bond acceptors (Lipinski definition) is 7. The van der Waals surface area contributed by atoms with Crippen LogP contribution in [0.25, 0.3) is 0 Å². The predicted molar refractivity (Wildman–Crippen MR) is 160 cm³/mol. The summed E-state index contributed by atoms with van der Waals surface area (Å²) in [7, 11) is 0. The molecule has 1 aromatic heterocycles. The van der Waals surface area contributed by atoms with Gasteiger partial charge in [0.1, 0.15) is 11.1 Å². The zero-order valence-electron chi connectivity index (χ0n) is 22.1. The highest BCUT2D eigenvalue weighted by Crippen LogP contribution is 2.33. The van der Waals surface area contributed by atoms with Gasteiger partial charge in [-0.2, -0.15) is 5.26 Å². The molecule has 1 amide bonds. The highest BCUT2D eigenvalue weighted by atomic mass is 79.9. The first-order valence-corrected chi connectivity index (χ1v) is 14.4. The van der Waals surface area contributed by atoms with Crippen LogP contribution in [0.4, 0.5) is 5.69 Å². The van der Waals surface area contributed by atoms with Gasteiger partial charge in [0.25, 0.3) is 0 Å². The number of rotatable bonds is 7. The minimum Gasteiger partial charge on any atom is -0.325 e. The fourth-order valence-corrected chi connectivity index (χ4v) is 5.97. The van der Waals surface area contributed by atoms with E-state index in [1.54, 1.807) is 80.6 Å². The molecule has 0 saturated heterocycles. The minimum atomic E-state index is -0.419. The van der Waals surface area contributed by atoms with Gasteiger partial charge in [-0.1, -0.05) is 76.2 Å². The van der Waals surface area contributed by atoms with E-state index in [2.05, 4.69) is 32.3 Å². The van der Waals surface area contributed by atoms with Gasteiger partial charge in [-0.3, -0.25) is 19.2 Å². The number of carbonyl (C=O) groups excluding carboxylic acids is 4. The SMILES string of the molecule is Cc1nc(SCC(=O)Nc2cccc3c2C(=O)c2ccccc2C3=O)c(C#N)c(C)c1CC(=O)c1ccc(Br)cc1. The van der Waals surface area contributed by atoms with E-state index in [0.29, 0.717) is 44.1 Å². The molecule has 0 fully saturated rings. The molecule has 202 valence electrons. The Morgan fingerprint density at radius 2 is 1.59 bits per heavy atom. The molecule has 4 aromatic rings. The first kappa shape index (κ1) is 28.1. The number of amides is 1. The molecule has 0 atom stereocenters. The van der Waals surface area contributed by atoms with Crippen molar-refractivity contribution in [3.63, 3.8) is 0 Å². The molecule has 1 aliphatic carbocycles. The molecule has 0 bridgehead atoms. The van der Waals surface area contributed by atoms with Gasteiger partial charge < -0.3 is 5.32 Å². The van der Waals surface area contributed by atoms with Crippen LogP contribution >= 0.6 is 27.7 Å². The van der Waals surface area contributed by atoms with Crippen LogP contribution in [-0.4, -0.2) is 34.0 Å². The van der Waals surface area contributed by atoms with Crippen molar-refractivity contribution in [3.8, 4) is 6.07 Å². The lowest BCUT2D eigenvalue weighted by atomic mass is 9.83. The number of carbonyl (C=O) groups is 4. The van der Waals surface area contributed by atoms with E-state index in [1.807, 2.05) is 0 Å². The molecule has 1 heterocycles. The number of ketones is 3. The number of nitrogens with zero attached hydrogens (tertiary/aromatic N) is 2. The summed E-state index contributed by atoms with van der Waals surface area (Å²) in [5.74, 6) is -1.19. The lowest BCUT2D eigenvalue weighted by molar-refractivity contribution is -0.113. The summed E-state index contributed by atoms with van der Waals surface area (Å²) in [5.41, 5.74) is 4.10. The molecule has 1 aliphatic rings. The van der Waals surface area contributed by atoms with Crippen LogP contribution in [0.2, 0.25) is 0 Å². The third kappa shape index (κ3) is 5.49. The summed E-state index contributed by atoms with van der Waals surface area (Å²) >= 11 is 4.46. The van der Waals surface area contributed by atoms with Crippen LogP contribution in [0, 0.1) is 25.2 Å². The zero-order valence-corrected chi connectivity index (χ0v) is 24.5. The maximum Gasteiger partial charge on any atom is 0.234 e. The van der Waals surface area contributed by atoms with Crippen molar-refractivity contribution >= 4 is 56.6 Å². The van der Waals surface area contributed by atoms with Gasteiger partial charge in [-0.05, 0) is 43.2 Å². The van der Waals surface area contributed by atoms with E-state index in [-0.39, 0.29) is 46.3 Å². The van der Waals surface area contributed by atoms with E-state index in [1.165, 1.54) is 0 Å². The number of pyridine rings is 1. The quantitative estimate of drug-likeness (QED) is 0.168. The van der Waals surface area contributed by atoms with Crippen molar-refractivity contribution in [2.24, 2.45) is 0 Å². The topological polar surface area (TPSA) is 117 Å². The number of thioether (sulfide) groups is 1. The third-order valence-electron chi connectivity index (χ3n) is 6.93. The normalized spacial score (nSPS) is 11.9. The van der Waals surface area contributed by atoms with Crippen molar-refractivity contribution in [3.05, 3.63) is 121 Å². The molecule has 0 unspecified atom stereocenters. The van der Waals surface area contributed by atoms with Gasteiger partial charge in [0, 0.05) is 38.8 Å². The van der Waals surface area contributed by atoms with Crippen molar-refractivity contribution < 1.29 is 19.2 Å². The average Bonchev–Trinajstić information content (AvgIpc) is 2.97. The zero-order chi connectivity index (χ0) is 29.3. The number of nitriles is 1. The fraction of sp³-hybridized carbons (Fsp3) is 0.125. The Balaban J connectivity index is 1.33. The number of fused-ring (bicyclic) bond motifs is 2. The third-order valence-corrected chi connectivity index (χ3v) is 8.43. The molecular formula is C32H22BrN3O4S. The van der Waals surface area contributed by atoms with Crippen molar-refractivity contribution in [1.29, 1.82) is 5.26 Å². The van der Waals surface area contributed by atoms with E-state index >= 15 is 0 Å². The summed E-state index contributed by atoms with van der Waals surface area (Å²) in [6.07, 6.45) is 0.0986. The smallest absolute Gasteiger partial charge is 0.234 e. The monoisotopic (exact) mass is 623 g/mol. The molecule has 0 aliphatic heterocycles. The number of aryl methyl sites for hydroxylation is 1. The van der Waals surface area contributed by atoms with E-state index in [9.17, 15) is 24.4 Å². The van der Waals surface area contributed by atoms with Crippen molar-refractivity contribution in [2.45, 2.75) is 25.3 Å². The van der Waals surface area contributed by atoms with Gasteiger partial charge in [0.05, 0.1) is 22.6 Å². The second-order valence-electron chi connectivity index (χ2n) is 9.47. The number of hydrogen-bond donors (Lipinski definition) is 1. The lowest BCUT2D eigenvalue weighted by Crippen LogP contribution is -2.24. The number of nitrogens with one attached hydrogen (secondary N) is 1. The second kappa shape index (κ2) is 11.6. The van der Waals surface area contributed by atoms with Gasteiger partial charge in [-0.15, -0.1) is 0 Å². The second-order valence-corrected chi connectivity index (χ2v) is 11.3. The minimum absolute atomic E-state index is 0.0832. The number of benzene rings is 3. The molecule has 1 N–H and O–H groups in total. The fourth-order valence-electron chi connectivity index (χ4n) is 4.82. The van der Waals surface area contributed by atoms with Crippen LogP contribution < -0.4 is 5.32 Å². The Kier molecular flexibility index (Phi) is 7.97. The summed E-state index contributed by atoms with van der Waals surface area (Å²) < 4.78 is 0.873. The summed E-state index contributed by atoms with van der Waals surface area (Å²) in [5, 5.41) is 13.0. The van der Waals surface area contributed by atoms with Crippen LogP contribution in [0.3, 0.4) is 0 Å². The van der Waals surface area contributed by atoms with Crippen LogP contribution in [0.1, 0.15) is 64.6 Å². The molecular weight excluding hydrogens is 602 g/mol. The molecule has 41 heavy (non-hydrogen) atoms. The van der Waals surface area contributed by atoms with E-state index < -0.39 is 5.91 Å². The standard InChI is InChI=1S/C32H22BrN3O4S/c1-17-24(14-27(37)19-10-12-20(33)13-11-19)18(2)35-32(25(17)15-34)41-16-28(38)36-26-9-5-8-23-29(26)31(40)22-7-4-3-6-21(22)30(23)39/h3-13H,14,16H2,1-2H3,(H,36,38). The Morgan fingerprint density at radius 1 is 0.927 bits per heavy atom. The summed E-state index contributed by atoms with van der Waals surface area (Å²) in [6, 6.07) is 20.7. The van der Waals surface area contributed by atoms with Crippen LogP contribution in [0.5, 0.6) is 0 Å². The molecule has 5 rings (SSSR count). The van der Waals surface area contributed by atoms with Gasteiger partial charge in [0.2, 0.25) is 5.91 Å². The Morgan fingerprint density at radius 3 is 2.27 bits per heavy atom. The molecule has 7 nitrogen and oxygen atoms in total. The number of Topliss-reactive ketones (excluding diaryl/α,β-unsaturated/α-hetero) is 1. The van der Waals surface area contributed by atoms with Gasteiger partial charge in [-0.25, -0.2) is 4.98 Å². The van der Waals surface area contributed by atoms with Gasteiger partial charge in [0.15, 0.2) is 17.3 Å². The van der Waals surface area contributed by atoms with Crippen LogP contribution in [0.15, 0.2) is 76.2 Å². The number of anilines is 1. The Hall–Kier alpha value is -4.39. The molecule has 9 heteroatoms. The van der Waals surface area contributed by atoms with Gasteiger partial charge >= 0.3 is 0 Å². The average molecular weight is 625 g/mol. The largest absolute Gasteiger partial charge is 0.325 e. The molecule has 0 saturated carbocycles. The summed E-state index contributed by atoms with van der Waals surface area (Å²) in [6.45, 7) is 3.55. The van der Waals surface area contributed by atoms with E-state index in [4.69, 9.17) is 0 Å². The molecule has 0 spiro atoms. The number of halogens is 1. The first-order chi connectivity index (χ1) is 19.7. The van der Waals surface area contributed by atoms with E-state index in [0.717, 1.165) is 16.2 Å². The lowest BCUT2D eigenvalue weighted by Gasteiger charge is -2.20. The Labute approximate surface area is 249 Å². The maximum absolute atomic E-state index is 13.2. The Bertz CT molecular complexity index is 1810. The van der Waals surface area contributed by atoms with Crippen molar-refractivity contribution in [1.82, 2.24) is 4.98 Å². The highest BCUT2D eigenvalue weighted by Gasteiger charge is 2.31. The summed E-state index contributed by atoms with van der Waals surface area (Å²) in [4.78, 5) is 56.7. The molecule has 0 radical (unpaired) electrons. The predicted octanol–water partition coefficient (Wildman–Crippen LogP) is 6.26. The number of aromatic nitrogens is 1. The highest BCUT2D eigenvalue weighted by molar-refractivity contribution is 9.10. The van der Waals surface area contributed by atoms with Crippen LogP contribution in [-0.2, 0) is 11.2 Å².